The summed E-state index contributed by atoms with van der Waals surface area (Å²) in [6.45, 7) is 6.54. The van der Waals surface area contributed by atoms with Gasteiger partial charge in [0, 0.05) is 17.7 Å². The third-order valence-corrected chi connectivity index (χ3v) is 5.06. The number of nitro benzene ring substituents is 1. The van der Waals surface area contributed by atoms with Gasteiger partial charge in [-0.05, 0) is 23.1 Å². The van der Waals surface area contributed by atoms with Gasteiger partial charge in [-0.1, -0.05) is 56.8 Å². The maximum atomic E-state index is 12.3. The van der Waals surface area contributed by atoms with E-state index < -0.39 is 4.92 Å². The molecule has 8 nitrogen and oxygen atoms in total. The first-order valence-electron chi connectivity index (χ1n) is 9.18. The first-order chi connectivity index (χ1) is 14.2. The maximum Gasteiger partial charge on any atom is 0.277 e. The van der Waals surface area contributed by atoms with Gasteiger partial charge in [0.05, 0.1) is 10.7 Å². The van der Waals surface area contributed by atoms with E-state index in [0.29, 0.717) is 11.6 Å². The molecule has 0 fully saturated rings. The molecule has 0 aliphatic carbocycles. The molecule has 9 heteroatoms. The number of thioether (sulfide) groups is 1. The number of Topliss-reactive ketones (excluding diaryl/α,β-unsaturated/α-hetero) is 1. The average Bonchev–Trinajstić information content (AvgIpc) is 3.18. The summed E-state index contributed by atoms with van der Waals surface area (Å²) in [5, 5.41) is 18.9. The zero-order valence-electron chi connectivity index (χ0n) is 16.8. The van der Waals surface area contributed by atoms with Crippen LogP contribution >= 0.6 is 11.8 Å². The fourth-order valence-electron chi connectivity index (χ4n) is 2.55. The molecule has 1 aromatic heterocycles. The van der Waals surface area contributed by atoms with Gasteiger partial charge in [0.15, 0.2) is 12.4 Å². The minimum absolute atomic E-state index is 0.0257. The quantitative estimate of drug-likeness (QED) is 0.218. The molecule has 1 heterocycles. The number of benzene rings is 2. The Labute approximate surface area is 177 Å². The normalized spacial score (nSPS) is 11.3. The smallest absolute Gasteiger partial charge is 0.277 e. The monoisotopic (exact) mass is 427 g/mol. The molecular weight excluding hydrogens is 406 g/mol. The van der Waals surface area contributed by atoms with E-state index in [4.69, 9.17) is 9.15 Å². The van der Waals surface area contributed by atoms with Crippen LogP contribution in [0, 0.1) is 10.1 Å². The Morgan fingerprint density at radius 3 is 2.57 bits per heavy atom. The molecule has 0 saturated carbocycles. The first-order valence-corrected chi connectivity index (χ1v) is 10.2. The number of aromatic nitrogens is 2. The molecule has 0 aliphatic heterocycles. The van der Waals surface area contributed by atoms with Crippen molar-refractivity contribution in [3.05, 3.63) is 75.7 Å². The number of ketones is 1. The zero-order chi connectivity index (χ0) is 21.7. The largest absolute Gasteiger partial charge is 0.484 e. The lowest BCUT2D eigenvalue weighted by Crippen LogP contribution is -2.10. The van der Waals surface area contributed by atoms with Crippen molar-refractivity contribution < 1.29 is 18.9 Å². The molecule has 0 amide bonds. The first kappa shape index (κ1) is 21.5. The third kappa shape index (κ3) is 5.66. The van der Waals surface area contributed by atoms with Crippen molar-refractivity contribution in [2.24, 2.45) is 0 Å². The second-order valence-electron chi connectivity index (χ2n) is 7.54. The molecule has 0 bridgehead atoms. The maximum absolute atomic E-state index is 12.3. The Morgan fingerprint density at radius 2 is 1.90 bits per heavy atom. The molecule has 30 heavy (non-hydrogen) atoms. The van der Waals surface area contributed by atoms with Gasteiger partial charge in [0.2, 0.25) is 0 Å². The second-order valence-corrected chi connectivity index (χ2v) is 8.47. The minimum atomic E-state index is -0.537. The highest BCUT2D eigenvalue weighted by Gasteiger charge is 2.15. The predicted octanol–water partition coefficient (Wildman–Crippen LogP) is 4.83. The van der Waals surface area contributed by atoms with E-state index >= 15 is 0 Å². The van der Waals surface area contributed by atoms with E-state index in [1.165, 1.54) is 29.8 Å². The van der Waals surface area contributed by atoms with Gasteiger partial charge < -0.3 is 9.15 Å². The van der Waals surface area contributed by atoms with Crippen LogP contribution in [0.2, 0.25) is 0 Å². The number of nitrogens with zero attached hydrogens (tertiary/aromatic N) is 3. The molecule has 0 atom stereocenters. The Kier molecular flexibility index (Phi) is 6.51. The van der Waals surface area contributed by atoms with Crippen LogP contribution < -0.4 is 4.74 Å². The summed E-state index contributed by atoms with van der Waals surface area (Å²) in [7, 11) is 0. The molecule has 156 valence electrons. The Hall–Kier alpha value is -3.20. The van der Waals surface area contributed by atoms with Crippen LogP contribution in [0.25, 0.3) is 0 Å². The van der Waals surface area contributed by atoms with Gasteiger partial charge in [-0.2, -0.15) is 0 Å². The summed E-state index contributed by atoms with van der Waals surface area (Å²) in [6, 6.07) is 13.4. The van der Waals surface area contributed by atoms with Crippen LogP contribution in [0.5, 0.6) is 5.75 Å². The summed E-state index contributed by atoms with van der Waals surface area (Å²) < 4.78 is 11.2. The molecule has 0 radical (unpaired) electrons. The van der Waals surface area contributed by atoms with Crippen molar-refractivity contribution in [3.8, 4) is 5.75 Å². The van der Waals surface area contributed by atoms with Crippen molar-refractivity contribution >= 4 is 23.2 Å². The van der Waals surface area contributed by atoms with Gasteiger partial charge >= 0.3 is 0 Å². The SMILES string of the molecule is CC(C)(C)c1ccc(OCc2nnc(SCC(=O)c3cccc([N+](=O)[O-])c3)o2)cc1. The van der Waals surface area contributed by atoms with E-state index in [2.05, 4.69) is 31.0 Å². The van der Waals surface area contributed by atoms with Crippen LogP contribution in [0.3, 0.4) is 0 Å². The van der Waals surface area contributed by atoms with Crippen molar-refractivity contribution in [2.45, 2.75) is 38.0 Å². The lowest BCUT2D eigenvalue weighted by atomic mass is 9.87. The Morgan fingerprint density at radius 1 is 1.17 bits per heavy atom. The lowest BCUT2D eigenvalue weighted by Gasteiger charge is -2.19. The van der Waals surface area contributed by atoms with Crippen LogP contribution in [0.15, 0.2) is 58.2 Å². The van der Waals surface area contributed by atoms with Gasteiger partial charge in [-0.25, -0.2) is 0 Å². The van der Waals surface area contributed by atoms with Gasteiger partial charge in [-0.3, -0.25) is 14.9 Å². The van der Waals surface area contributed by atoms with Crippen molar-refractivity contribution in [1.29, 1.82) is 0 Å². The van der Waals surface area contributed by atoms with Crippen molar-refractivity contribution in [2.75, 3.05) is 5.75 Å². The second kappa shape index (κ2) is 9.08. The van der Waals surface area contributed by atoms with E-state index in [0.717, 1.165) is 11.8 Å². The summed E-state index contributed by atoms with van der Waals surface area (Å²) in [5.41, 5.74) is 1.41. The van der Waals surface area contributed by atoms with Gasteiger partial charge in [-0.15, -0.1) is 10.2 Å². The summed E-state index contributed by atoms with van der Waals surface area (Å²) in [4.78, 5) is 22.5. The predicted molar refractivity (Wildman–Crippen MR) is 112 cm³/mol. The molecular formula is C21H21N3O5S. The number of nitro groups is 1. The average molecular weight is 427 g/mol. The minimum Gasteiger partial charge on any atom is -0.484 e. The van der Waals surface area contributed by atoms with E-state index in [1.807, 2.05) is 24.3 Å². The third-order valence-electron chi connectivity index (χ3n) is 4.24. The van der Waals surface area contributed by atoms with Crippen molar-refractivity contribution in [1.82, 2.24) is 10.2 Å². The van der Waals surface area contributed by atoms with Crippen LogP contribution in [0.1, 0.15) is 42.6 Å². The molecule has 2 aromatic carbocycles. The summed E-state index contributed by atoms with van der Waals surface area (Å²) in [6.07, 6.45) is 0. The molecule has 0 saturated heterocycles. The standard InChI is InChI=1S/C21H21N3O5S/c1-21(2,3)15-7-9-17(10-8-15)28-12-19-22-23-20(29-19)30-13-18(25)14-5-4-6-16(11-14)24(26)27/h4-11H,12-13H2,1-3H3. The van der Waals surface area contributed by atoms with Crippen LogP contribution in [0.4, 0.5) is 5.69 Å². The molecule has 0 aliphatic rings. The number of non-ortho nitro benzene ring substituents is 1. The zero-order valence-corrected chi connectivity index (χ0v) is 17.6. The van der Waals surface area contributed by atoms with Gasteiger partial charge in [0.25, 0.3) is 16.8 Å². The summed E-state index contributed by atoms with van der Waals surface area (Å²) >= 11 is 1.07. The topological polar surface area (TPSA) is 108 Å². The molecule has 3 rings (SSSR count). The highest BCUT2D eigenvalue weighted by Crippen LogP contribution is 2.25. The van der Waals surface area contributed by atoms with Gasteiger partial charge in [0.1, 0.15) is 5.75 Å². The number of hydrogen-bond acceptors (Lipinski definition) is 8. The molecule has 3 aromatic rings. The molecule has 0 N–H and O–H groups in total. The number of carbonyl (C=O) groups is 1. The molecule has 0 unspecified atom stereocenters. The van der Waals surface area contributed by atoms with Crippen molar-refractivity contribution in [3.63, 3.8) is 0 Å². The number of ether oxygens (including phenoxy) is 1. The molecule has 0 spiro atoms. The number of hydrogen-bond donors (Lipinski definition) is 0. The van der Waals surface area contributed by atoms with E-state index in [9.17, 15) is 14.9 Å². The van der Waals surface area contributed by atoms with Crippen LogP contribution in [-0.2, 0) is 12.0 Å². The highest BCUT2D eigenvalue weighted by atomic mass is 32.2. The fourth-order valence-corrected chi connectivity index (χ4v) is 3.23. The van der Waals surface area contributed by atoms with Crippen LogP contribution in [-0.4, -0.2) is 26.7 Å². The number of carbonyl (C=O) groups excluding carboxylic acids is 1. The fraction of sp³-hybridized carbons (Fsp3) is 0.286. The Balaban J connectivity index is 1.52. The Bertz CT molecular complexity index is 1040. The lowest BCUT2D eigenvalue weighted by molar-refractivity contribution is -0.384. The van der Waals surface area contributed by atoms with E-state index in [1.54, 1.807) is 0 Å². The summed E-state index contributed by atoms with van der Waals surface area (Å²) in [5.74, 6) is 0.743. The van der Waals surface area contributed by atoms with E-state index in [-0.39, 0.29) is 40.0 Å². The highest BCUT2D eigenvalue weighted by molar-refractivity contribution is 7.99. The number of rotatable bonds is 8.